The van der Waals surface area contributed by atoms with Crippen molar-refractivity contribution in [3.8, 4) is 0 Å². The molecular formula is C25H24Cl2N2O3S. The van der Waals surface area contributed by atoms with Crippen molar-refractivity contribution in [3.63, 3.8) is 0 Å². The highest BCUT2D eigenvalue weighted by atomic mass is 35.5. The molecule has 8 heteroatoms. The lowest BCUT2D eigenvalue weighted by molar-refractivity contribution is 0.0785. The fraction of sp³-hybridized carbons (Fsp3) is 0.240. The average molecular weight is 503 g/mol. The Morgan fingerprint density at radius 3 is 2.12 bits per heavy atom. The number of sulfonamides is 1. The Hall–Kier alpha value is -2.38. The van der Waals surface area contributed by atoms with Crippen molar-refractivity contribution in [3.05, 3.63) is 99.5 Å². The Balaban J connectivity index is 1.60. The third-order valence-electron chi connectivity index (χ3n) is 5.67. The van der Waals surface area contributed by atoms with Crippen LogP contribution < -0.4 is 0 Å². The number of hydrogen-bond acceptors (Lipinski definition) is 3. The van der Waals surface area contributed by atoms with E-state index in [-0.39, 0.29) is 23.9 Å². The normalized spacial score (nSPS) is 13.8. The largest absolute Gasteiger partial charge is 0.339 e. The summed E-state index contributed by atoms with van der Waals surface area (Å²) in [4.78, 5) is 14.5. The highest BCUT2D eigenvalue weighted by Gasteiger charge is 2.30. The lowest BCUT2D eigenvalue weighted by Crippen LogP contribution is -2.30. The molecule has 1 saturated carbocycles. The van der Waals surface area contributed by atoms with Crippen LogP contribution in [0.4, 0.5) is 0 Å². The second-order valence-corrected chi connectivity index (χ2v) is 11.0. The second kappa shape index (κ2) is 9.85. The van der Waals surface area contributed by atoms with Gasteiger partial charge in [0.1, 0.15) is 0 Å². The molecule has 0 atom stereocenters. The maximum Gasteiger partial charge on any atom is 0.253 e. The number of rotatable bonds is 8. The van der Waals surface area contributed by atoms with Crippen molar-refractivity contribution in [1.29, 1.82) is 0 Å². The molecule has 1 aliphatic carbocycles. The molecule has 0 aliphatic heterocycles. The van der Waals surface area contributed by atoms with E-state index in [1.165, 1.54) is 16.4 Å². The van der Waals surface area contributed by atoms with Crippen LogP contribution in [0, 0.1) is 0 Å². The Kier molecular flexibility index (Phi) is 7.10. The summed E-state index contributed by atoms with van der Waals surface area (Å²) in [5, 5.41) is 1.01. The van der Waals surface area contributed by atoms with Gasteiger partial charge in [-0.25, -0.2) is 8.42 Å². The van der Waals surface area contributed by atoms with Crippen molar-refractivity contribution in [2.45, 2.75) is 36.9 Å². The molecule has 0 N–H and O–H groups in total. The molecule has 0 spiro atoms. The summed E-state index contributed by atoms with van der Waals surface area (Å²) in [7, 11) is -1.99. The minimum Gasteiger partial charge on any atom is -0.339 e. The predicted octanol–water partition coefficient (Wildman–Crippen LogP) is 5.62. The first-order chi connectivity index (χ1) is 15.7. The lowest BCUT2D eigenvalue weighted by Gasteiger charge is -2.23. The standard InChI is InChI=1S/C25H24Cl2N2O3S/c1-28(23-11-12-23)25(30)20-7-5-18(6-8-20)16-29(17-19-3-2-4-22(27)15-19)33(31,32)24-13-9-21(26)10-14-24/h2-10,13-15,23H,11-12,16-17H2,1H3. The van der Waals surface area contributed by atoms with Gasteiger partial charge in [0.25, 0.3) is 5.91 Å². The zero-order chi connectivity index (χ0) is 23.6. The van der Waals surface area contributed by atoms with Gasteiger partial charge >= 0.3 is 0 Å². The molecule has 33 heavy (non-hydrogen) atoms. The van der Waals surface area contributed by atoms with Gasteiger partial charge in [-0.05, 0) is 72.5 Å². The van der Waals surface area contributed by atoms with Crippen LogP contribution >= 0.6 is 23.2 Å². The third kappa shape index (κ3) is 5.76. The summed E-state index contributed by atoms with van der Waals surface area (Å²) in [5.41, 5.74) is 2.15. The summed E-state index contributed by atoms with van der Waals surface area (Å²) in [6.07, 6.45) is 2.09. The van der Waals surface area contributed by atoms with Crippen LogP contribution in [0.25, 0.3) is 0 Å². The van der Waals surface area contributed by atoms with E-state index >= 15 is 0 Å². The molecule has 172 valence electrons. The van der Waals surface area contributed by atoms with Crippen LogP contribution in [0.2, 0.25) is 10.0 Å². The first-order valence-corrected chi connectivity index (χ1v) is 12.8. The van der Waals surface area contributed by atoms with Crippen molar-refractivity contribution in [2.75, 3.05) is 7.05 Å². The SMILES string of the molecule is CN(C(=O)c1ccc(CN(Cc2cccc(Cl)c2)S(=O)(=O)c2ccc(Cl)cc2)cc1)C1CC1. The van der Waals surface area contributed by atoms with Gasteiger partial charge in [-0.1, -0.05) is 47.5 Å². The van der Waals surface area contributed by atoms with E-state index in [2.05, 4.69) is 0 Å². The number of nitrogens with zero attached hydrogens (tertiary/aromatic N) is 2. The van der Waals surface area contributed by atoms with Crippen LogP contribution in [0.15, 0.2) is 77.7 Å². The molecule has 3 aromatic carbocycles. The molecule has 0 heterocycles. The molecule has 0 bridgehead atoms. The summed E-state index contributed by atoms with van der Waals surface area (Å²) in [6, 6.07) is 20.7. The first kappa shape index (κ1) is 23.8. The Morgan fingerprint density at radius 2 is 1.52 bits per heavy atom. The van der Waals surface area contributed by atoms with Crippen LogP contribution in [0.5, 0.6) is 0 Å². The van der Waals surface area contributed by atoms with E-state index in [4.69, 9.17) is 23.2 Å². The molecular weight excluding hydrogens is 479 g/mol. The predicted molar refractivity (Wildman–Crippen MR) is 131 cm³/mol. The van der Waals surface area contributed by atoms with Gasteiger partial charge in [0, 0.05) is 41.8 Å². The van der Waals surface area contributed by atoms with Gasteiger partial charge in [-0.3, -0.25) is 4.79 Å². The van der Waals surface area contributed by atoms with Gasteiger partial charge in [0.2, 0.25) is 10.0 Å². The van der Waals surface area contributed by atoms with Crippen molar-refractivity contribution >= 4 is 39.1 Å². The molecule has 1 fully saturated rings. The van der Waals surface area contributed by atoms with Gasteiger partial charge in [0.05, 0.1) is 4.90 Å². The van der Waals surface area contributed by atoms with Gasteiger partial charge in [-0.15, -0.1) is 0 Å². The zero-order valence-corrected chi connectivity index (χ0v) is 20.4. The van der Waals surface area contributed by atoms with Gasteiger partial charge in [-0.2, -0.15) is 4.31 Å². The average Bonchev–Trinajstić information content (AvgIpc) is 3.64. The smallest absolute Gasteiger partial charge is 0.253 e. The molecule has 0 aromatic heterocycles. The fourth-order valence-electron chi connectivity index (χ4n) is 3.61. The molecule has 1 amide bonds. The molecule has 0 saturated heterocycles. The number of halogens is 2. The summed E-state index contributed by atoms with van der Waals surface area (Å²) < 4.78 is 28.3. The third-order valence-corrected chi connectivity index (χ3v) is 7.97. The summed E-state index contributed by atoms with van der Waals surface area (Å²) in [5.74, 6) is -0.0198. The fourth-order valence-corrected chi connectivity index (χ4v) is 5.36. The molecule has 5 nitrogen and oxygen atoms in total. The van der Waals surface area contributed by atoms with Crippen molar-refractivity contribution in [1.82, 2.24) is 9.21 Å². The van der Waals surface area contributed by atoms with Crippen LogP contribution in [0.1, 0.15) is 34.3 Å². The topological polar surface area (TPSA) is 57.7 Å². The number of benzene rings is 3. The highest BCUT2D eigenvalue weighted by Crippen LogP contribution is 2.27. The molecule has 0 unspecified atom stereocenters. The van der Waals surface area contributed by atoms with E-state index in [1.807, 2.05) is 13.1 Å². The minimum atomic E-state index is -3.81. The van der Waals surface area contributed by atoms with Gasteiger partial charge in [0.15, 0.2) is 0 Å². The molecule has 1 aliphatic rings. The first-order valence-electron chi connectivity index (χ1n) is 10.6. The van der Waals surface area contributed by atoms with Crippen LogP contribution in [0.3, 0.4) is 0 Å². The Labute approximate surface area is 204 Å². The van der Waals surface area contributed by atoms with E-state index < -0.39 is 10.0 Å². The van der Waals surface area contributed by atoms with E-state index in [0.29, 0.717) is 21.7 Å². The quantitative estimate of drug-likeness (QED) is 0.401. The van der Waals surface area contributed by atoms with E-state index in [1.54, 1.807) is 59.5 Å². The minimum absolute atomic E-state index is 0.0198. The monoisotopic (exact) mass is 502 g/mol. The Bertz CT molecular complexity index is 1240. The molecule has 4 rings (SSSR count). The van der Waals surface area contributed by atoms with Gasteiger partial charge < -0.3 is 4.90 Å². The lowest BCUT2D eigenvalue weighted by atomic mass is 10.1. The number of hydrogen-bond donors (Lipinski definition) is 0. The van der Waals surface area contributed by atoms with Crippen molar-refractivity contribution in [2.24, 2.45) is 0 Å². The summed E-state index contributed by atoms with van der Waals surface area (Å²) in [6.45, 7) is 0.293. The second-order valence-electron chi connectivity index (χ2n) is 8.20. The maximum atomic E-state index is 13.5. The maximum absolute atomic E-state index is 13.5. The van der Waals surface area contributed by atoms with E-state index in [9.17, 15) is 13.2 Å². The highest BCUT2D eigenvalue weighted by molar-refractivity contribution is 7.89. The zero-order valence-electron chi connectivity index (χ0n) is 18.1. The van der Waals surface area contributed by atoms with Crippen molar-refractivity contribution < 1.29 is 13.2 Å². The van der Waals surface area contributed by atoms with E-state index in [0.717, 1.165) is 24.0 Å². The number of carbonyl (C=O) groups excluding carboxylic acids is 1. The number of carbonyl (C=O) groups is 1. The Morgan fingerprint density at radius 1 is 0.879 bits per heavy atom. The molecule has 0 radical (unpaired) electrons. The van der Waals surface area contributed by atoms with Crippen LogP contribution in [-0.2, 0) is 23.1 Å². The summed E-state index contributed by atoms with van der Waals surface area (Å²) >= 11 is 12.1. The molecule has 3 aromatic rings. The van der Waals surface area contributed by atoms with Crippen LogP contribution in [-0.4, -0.2) is 36.6 Å². The number of amides is 1.